The minimum absolute atomic E-state index is 0.0690. The third-order valence-corrected chi connectivity index (χ3v) is 10.1. The van der Waals surface area contributed by atoms with Crippen LogP contribution < -0.4 is 16.0 Å². The molecule has 0 radical (unpaired) electrons. The Morgan fingerprint density at radius 2 is 1.77 bits per heavy atom. The van der Waals surface area contributed by atoms with Crippen molar-refractivity contribution in [3.05, 3.63) is 145 Å². The van der Waals surface area contributed by atoms with Crippen molar-refractivity contribution >= 4 is 23.4 Å². The van der Waals surface area contributed by atoms with E-state index in [4.69, 9.17) is 9.47 Å². The molecule has 2 aliphatic rings. The second kappa shape index (κ2) is 24.3. The summed E-state index contributed by atoms with van der Waals surface area (Å²) in [6, 6.07) is 26.3. The van der Waals surface area contributed by atoms with Crippen LogP contribution in [0.4, 0.5) is 15.3 Å². The van der Waals surface area contributed by atoms with Gasteiger partial charge in [-0.15, -0.1) is 0 Å². The maximum Gasteiger partial charge on any atom is 0.411 e. The predicted molar refractivity (Wildman–Crippen MR) is 236 cm³/mol. The highest BCUT2D eigenvalue weighted by Crippen LogP contribution is 2.28. The van der Waals surface area contributed by atoms with E-state index in [0.29, 0.717) is 6.04 Å². The van der Waals surface area contributed by atoms with Crippen LogP contribution in [0.3, 0.4) is 0 Å². The second-order valence-electron chi connectivity index (χ2n) is 14.5. The van der Waals surface area contributed by atoms with E-state index in [2.05, 4.69) is 83.6 Å². The first kappa shape index (κ1) is 44.3. The topological polar surface area (TPSA) is 95.2 Å². The number of benzene rings is 3. The van der Waals surface area contributed by atoms with Gasteiger partial charge in [0.15, 0.2) is 0 Å². The lowest BCUT2D eigenvalue weighted by atomic mass is 10.0. The van der Waals surface area contributed by atoms with E-state index in [-0.39, 0.29) is 12.2 Å². The van der Waals surface area contributed by atoms with Crippen molar-refractivity contribution in [2.24, 2.45) is 0 Å². The van der Waals surface area contributed by atoms with Gasteiger partial charge in [-0.05, 0) is 87.9 Å². The zero-order chi connectivity index (χ0) is 40.8. The molecule has 0 aromatic heterocycles. The van der Waals surface area contributed by atoms with Gasteiger partial charge in [0.05, 0.1) is 5.69 Å². The number of rotatable bonds is 14. The number of amides is 2. The Morgan fingerprint density at radius 1 is 0.982 bits per heavy atom. The average molecular weight is 774 g/mol. The number of carbonyl (C=O) groups excluding carboxylic acids is 2. The molecule has 0 spiro atoms. The summed E-state index contributed by atoms with van der Waals surface area (Å²) in [7, 11) is 2.21. The van der Waals surface area contributed by atoms with Crippen molar-refractivity contribution in [2.45, 2.75) is 78.0 Å². The van der Waals surface area contributed by atoms with Crippen molar-refractivity contribution in [2.75, 3.05) is 45.1 Å². The SMILES string of the molecule is C=C/C=C\C(=C\NC(=O)OC1CCCN(CC2CC=CC=C(CNCC)N2C)CC1)c1cccc(C)c1.CCC(C)OC(=O)Nc1ccccc1-c1ccccc1. The molecule has 2 heterocycles. The van der Waals surface area contributed by atoms with Crippen molar-refractivity contribution in [1.29, 1.82) is 0 Å². The van der Waals surface area contributed by atoms with Crippen molar-refractivity contribution in [1.82, 2.24) is 20.4 Å². The molecular formula is C48H63N5O4. The van der Waals surface area contributed by atoms with Gasteiger partial charge in [-0.2, -0.15) is 0 Å². The molecule has 1 saturated heterocycles. The Balaban J connectivity index is 0.000000302. The molecule has 57 heavy (non-hydrogen) atoms. The summed E-state index contributed by atoms with van der Waals surface area (Å²) in [6.45, 7) is 16.6. The van der Waals surface area contributed by atoms with Crippen LogP contribution in [0.25, 0.3) is 16.7 Å². The number of likely N-dealkylation sites (tertiary alicyclic amines) is 1. The number of aryl methyl sites for hydroxylation is 1. The quantitative estimate of drug-likeness (QED) is 0.140. The van der Waals surface area contributed by atoms with Crippen molar-refractivity contribution in [3.8, 4) is 11.1 Å². The molecule has 3 N–H and O–H groups in total. The molecule has 3 aromatic rings. The number of para-hydroxylation sites is 1. The summed E-state index contributed by atoms with van der Waals surface area (Å²) in [5, 5.41) is 9.10. The summed E-state index contributed by atoms with van der Waals surface area (Å²) in [5.41, 5.74) is 7.22. The molecule has 2 aliphatic heterocycles. The highest BCUT2D eigenvalue weighted by atomic mass is 16.6. The molecule has 3 atom stereocenters. The first-order chi connectivity index (χ1) is 27.7. The fourth-order valence-corrected chi connectivity index (χ4v) is 6.70. The van der Waals surface area contributed by atoms with E-state index < -0.39 is 12.2 Å². The zero-order valence-electron chi connectivity index (χ0n) is 34.6. The Labute approximate surface area is 341 Å². The maximum absolute atomic E-state index is 12.6. The Hall–Kier alpha value is -5.38. The summed E-state index contributed by atoms with van der Waals surface area (Å²) in [5.74, 6) is 0. The first-order valence-corrected chi connectivity index (χ1v) is 20.4. The molecule has 1 fully saturated rings. The lowest BCUT2D eigenvalue weighted by Gasteiger charge is -2.34. The van der Waals surface area contributed by atoms with Crippen molar-refractivity contribution < 1.29 is 19.1 Å². The standard InChI is InChI=1S/C31H44N4O2.C17H19NO2/c1-5-7-13-27(26-14-10-12-25(3)21-26)22-33-31(36)37-30-17-11-19-35(20-18-30)24-29-16-9-8-15-28(34(29)4)23-32-6-2;1-3-13(2)20-17(19)18-16-12-8-7-11-15(16)14-9-5-4-6-10-14/h5,7-10,12-15,21-22,29-30,32H,1,6,11,16-20,23-24H2,2-4H3,(H,33,36);4-13H,3H2,1-2H3,(H,18,19)/b13-7-,27-22-;. The smallest absolute Gasteiger partial charge is 0.411 e. The lowest BCUT2D eigenvalue weighted by Crippen LogP contribution is -2.43. The number of nitrogens with zero attached hydrogens (tertiary/aromatic N) is 2. The van der Waals surface area contributed by atoms with Gasteiger partial charge in [0.25, 0.3) is 0 Å². The number of anilines is 1. The molecule has 9 nitrogen and oxygen atoms in total. The third-order valence-electron chi connectivity index (χ3n) is 10.1. The van der Waals surface area contributed by atoms with Gasteiger partial charge in [-0.1, -0.05) is 129 Å². The molecule has 3 aromatic carbocycles. The fourth-order valence-electron chi connectivity index (χ4n) is 6.70. The first-order valence-electron chi connectivity index (χ1n) is 20.4. The van der Waals surface area contributed by atoms with E-state index in [1.807, 2.05) is 92.7 Å². The van der Waals surface area contributed by atoms with Crippen molar-refractivity contribution in [3.63, 3.8) is 0 Å². The van der Waals surface area contributed by atoms with Crippen LogP contribution in [0.1, 0.15) is 64.0 Å². The minimum atomic E-state index is -0.414. The van der Waals surface area contributed by atoms with Gasteiger partial charge in [-0.25, -0.2) is 9.59 Å². The largest absolute Gasteiger partial charge is 0.446 e. The number of allylic oxidation sites excluding steroid dienone is 6. The third kappa shape index (κ3) is 15.2. The van der Waals surface area contributed by atoms with Crippen LogP contribution in [0, 0.1) is 6.92 Å². The van der Waals surface area contributed by atoms with Crippen LogP contribution in [0.2, 0.25) is 0 Å². The molecule has 5 rings (SSSR count). The summed E-state index contributed by atoms with van der Waals surface area (Å²) in [4.78, 5) is 29.4. The zero-order valence-corrected chi connectivity index (χ0v) is 34.6. The van der Waals surface area contributed by atoms with Crippen LogP contribution in [-0.4, -0.2) is 80.0 Å². The van der Waals surface area contributed by atoms with Gasteiger partial charge in [0, 0.05) is 50.2 Å². The molecule has 2 amide bonds. The second-order valence-corrected chi connectivity index (χ2v) is 14.5. The van der Waals surface area contributed by atoms with Gasteiger partial charge in [0.2, 0.25) is 0 Å². The molecule has 0 bridgehead atoms. The van der Waals surface area contributed by atoms with Gasteiger partial charge in [0.1, 0.15) is 12.2 Å². The van der Waals surface area contributed by atoms with Gasteiger partial charge >= 0.3 is 12.2 Å². The normalized spacial score (nSPS) is 17.9. The Morgan fingerprint density at radius 3 is 2.53 bits per heavy atom. The average Bonchev–Trinajstić information content (AvgIpc) is 3.54. The maximum atomic E-state index is 12.6. The van der Waals surface area contributed by atoms with E-state index >= 15 is 0 Å². The van der Waals surface area contributed by atoms with E-state index in [0.717, 1.165) is 98.3 Å². The molecule has 304 valence electrons. The van der Waals surface area contributed by atoms with Crippen LogP contribution in [-0.2, 0) is 9.47 Å². The molecular weight excluding hydrogens is 711 g/mol. The van der Waals surface area contributed by atoms with E-state index in [1.54, 1.807) is 12.3 Å². The number of alkyl carbamates (subject to hydrolysis) is 1. The van der Waals surface area contributed by atoms with E-state index in [9.17, 15) is 9.59 Å². The lowest BCUT2D eigenvalue weighted by molar-refractivity contribution is 0.0907. The summed E-state index contributed by atoms with van der Waals surface area (Å²) < 4.78 is 11.1. The number of ether oxygens (including phenoxy) is 2. The monoisotopic (exact) mass is 773 g/mol. The van der Waals surface area contributed by atoms with Gasteiger partial charge in [-0.3, -0.25) is 10.6 Å². The molecule has 0 saturated carbocycles. The summed E-state index contributed by atoms with van der Waals surface area (Å²) in [6.07, 6.45) is 17.6. The van der Waals surface area contributed by atoms with Gasteiger partial charge < -0.3 is 24.6 Å². The number of carbonyl (C=O) groups is 2. The number of likely N-dealkylation sites (N-methyl/N-ethyl adjacent to an activating group) is 2. The van der Waals surface area contributed by atoms with Crippen LogP contribution >= 0.6 is 0 Å². The highest BCUT2D eigenvalue weighted by molar-refractivity contribution is 5.91. The molecule has 3 unspecified atom stereocenters. The number of hydrogen-bond donors (Lipinski definition) is 3. The molecule has 0 aliphatic carbocycles. The molecule has 9 heteroatoms. The van der Waals surface area contributed by atoms with Crippen LogP contribution in [0.5, 0.6) is 0 Å². The minimum Gasteiger partial charge on any atom is -0.446 e. The fraction of sp³-hybridized carbons (Fsp3) is 0.375. The number of hydrogen-bond acceptors (Lipinski definition) is 7. The predicted octanol–water partition coefficient (Wildman–Crippen LogP) is 10.1. The summed E-state index contributed by atoms with van der Waals surface area (Å²) >= 11 is 0. The Kier molecular flexibility index (Phi) is 18.9. The highest BCUT2D eigenvalue weighted by Gasteiger charge is 2.25. The number of nitrogens with one attached hydrogen (secondary N) is 3. The van der Waals surface area contributed by atoms with E-state index in [1.165, 1.54) is 5.70 Å². The van der Waals surface area contributed by atoms with Crippen LogP contribution in [0.15, 0.2) is 134 Å². The Bertz CT molecular complexity index is 1830.